The van der Waals surface area contributed by atoms with Crippen LogP contribution in [0, 0.1) is 0 Å². The number of aromatic nitrogens is 2. The van der Waals surface area contributed by atoms with E-state index in [4.69, 9.17) is 10.5 Å². The number of rotatable bonds is 4. The molecule has 1 aromatic rings. The van der Waals surface area contributed by atoms with Crippen LogP contribution in [0.5, 0.6) is 0 Å². The van der Waals surface area contributed by atoms with Gasteiger partial charge in [0.1, 0.15) is 18.0 Å². The average Bonchev–Trinajstić information content (AvgIpc) is 3.07. The van der Waals surface area contributed by atoms with Crippen molar-refractivity contribution in [2.24, 2.45) is 0 Å². The van der Waals surface area contributed by atoms with Crippen molar-refractivity contribution in [1.82, 2.24) is 9.97 Å². The number of aliphatic hydroxyl groups excluding tert-OH is 2. The minimum absolute atomic E-state index is 0.0825. The molecule has 3 heterocycles. The molecule has 0 amide bonds. The molecule has 0 spiro atoms. The van der Waals surface area contributed by atoms with E-state index in [2.05, 4.69) is 14.7 Å². The number of aliphatic hydroxyl groups is 2. The van der Waals surface area contributed by atoms with Gasteiger partial charge in [0.15, 0.2) is 5.82 Å². The summed E-state index contributed by atoms with van der Waals surface area (Å²) in [7, 11) is 2.35. The van der Waals surface area contributed by atoms with Crippen molar-refractivity contribution in [3.8, 4) is 0 Å². The van der Waals surface area contributed by atoms with Crippen LogP contribution < -0.4 is 21.0 Å². The highest BCUT2D eigenvalue weighted by Crippen LogP contribution is 2.36. The molecular weight excluding hydrogens is 321 g/mol. The Kier molecular flexibility index (Phi) is 4.34. The number of hydrogen-bond donors (Lipinski definition) is 4. The first kappa shape index (κ1) is 16.5. The Hall–Kier alpha value is -2.31. The monoisotopic (exact) mass is 338 g/mol. The fourth-order valence-corrected chi connectivity index (χ4v) is 2.82. The van der Waals surface area contributed by atoms with Crippen molar-refractivity contribution < 1.29 is 24.5 Å². The van der Waals surface area contributed by atoms with E-state index < -0.39 is 29.9 Å². The summed E-state index contributed by atoms with van der Waals surface area (Å²) in [6.45, 7) is -0.249. The SMILES string of the molecule is COC(=O)[B]N1CN([C@H]2C[C@H](O)[C@@H](CO)O2)c2nc(N)[nH]c(=O)c21. The lowest BCUT2D eigenvalue weighted by Crippen LogP contribution is -2.42. The molecule has 24 heavy (non-hydrogen) atoms. The third-order valence-electron chi connectivity index (χ3n) is 3.95. The van der Waals surface area contributed by atoms with Crippen LogP contribution in [0.2, 0.25) is 0 Å². The summed E-state index contributed by atoms with van der Waals surface area (Å²) in [5.41, 5.74) is 5.21. The Bertz CT molecular complexity index is 699. The number of fused-ring (bicyclic) bond motifs is 1. The Balaban J connectivity index is 1.93. The molecule has 0 aromatic carbocycles. The largest absolute Gasteiger partial charge is 0.476 e. The maximum absolute atomic E-state index is 12.2. The third kappa shape index (κ3) is 2.79. The second kappa shape index (κ2) is 6.30. The predicted molar refractivity (Wildman–Crippen MR) is 83.6 cm³/mol. The first-order valence-electron chi connectivity index (χ1n) is 7.25. The highest BCUT2D eigenvalue weighted by molar-refractivity contribution is 6.75. The van der Waals surface area contributed by atoms with Crippen LogP contribution in [0.1, 0.15) is 6.42 Å². The molecule has 2 aliphatic heterocycles. The Morgan fingerprint density at radius 3 is 3.00 bits per heavy atom. The van der Waals surface area contributed by atoms with Crippen molar-refractivity contribution in [2.75, 3.05) is 35.8 Å². The van der Waals surface area contributed by atoms with Crippen LogP contribution in [-0.2, 0) is 9.47 Å². The van der Waals surface area contributed by atoms with Gasteiger partial charge in [-0.05, 0) is 0 Å². The number of carbonyl (C=O) groups excluding carboxylic acids is 1. The molecule has 0 bridgehead atoms. The first-order valence-corrected chi connectivity index (χ1v) is 7.25. The van der Waals surface area contributed by atoms with Gasteiger partial charge in [0, 0.05) is 6.42 Å². The highest BCUT2D eigenvalue weighted by Gasteiger charge is 2.43. The van der Waals surface area contributed by atoms with Gasteiger partial charge in [-0.2, -0.15) is 4.98 Å². The van der Waals surface area contributed by atoms with Crippen LogP contribution in [0.3, 0.4) is 0 Å². The molecule has 0 saturated carbocycles. The minimum atomic E-state index is -0.846. The predicted octanol–water partition coefficient (Wildman–Crippen LogP) is -2.21. The fourth-order valence-electron chi connectivity index (χ4n) is 2.82. The zero-order valence-electron chi connectivity index (χ0n) is 12.9. The lowest BCUT2D eigenvalue weighted by molar-refractivity contribution is -0.0219. The van der Waals surface area contributed by atoms with E-state index in [0.29, 0.717) is 0 Å². The van der Waals surface area contributed by atoms with Gasteiger partial charge in [0.05, 0.1) is 26.5 Å². The number of nitrogen functional groups attached to an aromatic ring is 1. The molecule has 129 valence electrons. The van der Waals surface area contributed by atoms with Gasteiger partial charge in [-0.25, -0.2) is 0 Å². The van der Waals surface area contributed by atoms with E-state index in [1.54, 1.807) is 4.90 Å². The van der Waals surface area contributed by atoms with Gasteiger partial charge >= 0.3 is 7.41 Å². The number of nitrogens with one attached hydrogen (secondary N) is 1. The minimum Gasteiger partial charge on any atom is -0.476 e. The third-order valence-corrected chi connectivity index (χ3v) is 3.95. The maximum Gasteiger partial charge on any atom is 0.394 e. The van der Waals surface area contributed by atoms with E-state index >= 15 is 0 Å². The van der Waals surface area contributed by atoms with Gasteiger partial charge in [-0.1, -0.05) is 0 Å². The molecular formula is C12H17BN5O6. The second-order valence-corrected chi connectivity index (χ2v) is 5.47. The number of aromatic amines is 1. The van der Waals surface area contributed by atoms with Crippen molar-refractivity contribution in [3.05, 3.63) is 10.4 Å². The standard InChI is InChI=1S/C12H17BN5O6/c1-23-11(22)13-18-4-17(7-2-5(20)6(3-19)24-7)9-8(18)10(21)16-12(14)15-9/h5-7,19-20H,2-4H2,1H3,(H3,14,15,16,21)/t5-,6+,7+/m0/s1. The van der Waals surface area contributed by atoms with Crippen molar-refractivity contribution in [3.63, 3.8) is 0 Å². The molecule has 1 radical (unpaired) electrons. The number of H-pyrrole nitrogens is 1. The molecule has 5 N–H and O–H groups in total. The molecule has 0 unspecified atom stereocenters. The van der Waals surface area contributed by atoms with Crippen LogP contribution in [0.4, 0.5) is 22.2 Å². The second-order valence-electron chi connectivity index (χ2n) is 5.47. The molecule has 3 atom stereocenters. The number of methoxy groups -OCH3 is 1. The average molecular weight is 338 g/mol. The summed E-state index contributed by atoms with van der Waals surface area (Å²) in [4.78, 5) is 33.2. The van der Waals surface area contributed by atoms with Crippen molar-refractivity contribution >= 4 is 30.7 Å². The summed E-state index contributed by atoms with van der Waals surface area (Å²) in [6.07, 6.45) is -1.98. The molecule has 11 nitrogen and oxygen atoms in total. The van der Waals surface area contributed by atoms with Crippen molar-refractivity contribution in [1.29, 1.82) is 0 Å². The zero-order valence-corrected chi connectivity index (χ0v) is 12.9. The molecule has 0 aliphatic carbocycles. The van der Waals surface area contributed by atoms with E-state index in [9.17, 15) is 19.8 Å². The number of anilines is 3. The zero-order chi connectivity index (χ0) is 17.4. The number of nitrogens with two attached hydrogens (primary N) is 1. The van der Waals surface area contributed by atoms with E-state index in [-0.39, 0.29) is 37.1 Å². The molecule has 1 fully saturated rings. The summed E-state index contributed by atoms with van der Waals surface area (Å²) in [6, 6.07) is 0. The number of hydrogen-bond acceptors (Lipinski definition) is 10. The number of carbonyl (C=O) groups is 1. The van der Waals surface area contributed by atoms with E-state index in [1.165, 1.54) is 11.9 Å². The van der Waals surface area contributed by atoms with Crippen LogP contribution in [0.15, 0.2) is 4.79 Å². The van der Waals surface area contributed by atoms with Gasteiger partial charge in [0.2, 0.25) is 5.95 Å². The highest BCUT2D eigenvalue weighted by atomic mass is 16.5. The first-order chi connectivity index (χ1) is 11.4. The smallest absolute Gasteiger partial charge is 0.394 e. The molecule has 1 aromatic heterocycles. The Labute approximate surface area is 137 Å². The lowest BCUT2D eigenvalue weighted by Gasteiger charge is -2.26. The van der Waals surface area contributed by atoms with E-state index in [1.807, 2.05) is 0 Å². The van der Waals surface area contributed by atoms with Gasteiger partial charge < -0.3 is 35.1 Å². The molecule has 3 rings (SSSR count). The fraction of sp³-hybridized carbons (Fsp3) is 0.583. The number of ether oxygens (including phenoxy) is 2. The summed E-state index contributed by atoms with van der Waals surface area (Å²) >= 11 is 0. The van der Waals surface area contributed by atoms with Gasteiger partial charge in [-0.3, -0.25) is 14.6 Å². The normalized spacial score (nSPS) is 25.7. The van der Waals surface area contributed by atoms with Crippen LogP contribution >= 0.6 is 0 Å². The van der Waals surface area contributed by atoms with Gasteiger partial charge in [-0.15, -0.1) is 0 Å². The van der Waals surface area contributed by atoms with Crippen molar-refractivity contribution in [2.45, 2.75) is 24.9 Å². The maximum atomic E-state index is 12.2. The van der Waals surface area contributed by atoms with Crippen LogP contribution in [-0.4, -0.2) is 72.3 Å². The molecule has 12 heteroatoms. The topological polar surface area (TPSA) is 154 Å². The summed E-state index contributed by atoms with van der Waals surface area (Å²) in [5, 5.41) is 19.1. The molecule has 1 saturated heterocycles. The van der Waals surface area contributed by atoms with E-state index in [0.717, 1.165) is 7.41 Å². The molecule has 2 aliphatic rings. The Morgan fingerprint density at radius 2 is 2.38 bits per heavy atom. The lowest BCUT2D eigenvalue weighted by atomic mass is 9.92. The summed E-state index contributed by atoms with van der Waals surface area (Å²) in [5.74, 6) is -0.493. The summed E-state index contributed by atoms with van der Waals surface area (Å²) < 4.78 is 10.2. The van der Waals surface area contributed by atoms with Crippen LogP contribution in [0.25, 0.3) is 0 Å². The Morgan fingerprint density at radius 1 is 1.62 bits per heavy atom. The van der Waals surface area contributed by atoms with Gasteiger partial charge in [0.25, 0.3) is 11.4 Å². The number of nitrogens with zero attached hydrogens (tertiary/aromatic N) is 3. The quantitative estimate of drug-likeness (QED) is 0.444.